The van der Waals surface area contributed by atoms with Crippen molar-refractivity contribution in [1.82, 2.24) is 15.0 Å². The summed E-state index contributed by atoms with van der Waals surface area (Å²) in [6.07, 6.45) is 7.95. The topological polar surface area (TPSA) is 75.6 Å². The average Bonchev–Trinajstić information content (AvgIpc) is 3.62. The van der Waals surface area contributed by atoms with Crippen LogP contribution in [0.25, 0.3) is 78.0 Å². The van der Waals surface area contributed by atoms with Crippen LogP contribution in [-0.2, 0) is 5.41 Å². The van der Waals surface area contributed by atoms with E-state index in [1.54, 1.807) is 0 Å². The molecule has 0 saturated heterocycles. The van der Waals surface area contributed by atoms with Gasteiger partial charge in [0.05, 0.1) is 17.2 Å². The van der Waals surface area contributed by atoms with Crippen LogP contribution in [0, 0.1) is 29.1 Å². The fourth-order valence-corrected chi connectivity index (χ4v) is 10.3. The van der Waals surface area contributed by atoms with Crippen molar-refractivity contribution in [2.75, 3.05) is 0 Å². The lowest BCUT2D eigenvalue weighted by Gasteiger charge is -2.51. The summed E-state index contributed by atoms with van der Waals surface area (Å²) in [6.45, 7) is 4.83. The molecule has 1 unspecified atom stereocenters. The molecule has 4 atom stereocenters. The maximum atomic E-state index is 10.4. The zero-order valence-corrected chi connectivity index (χ0v) is 31.3. The number of rotatable bonds is 6. The zero-order chi connectivity index (χ0) is 37.1. The summed E-state index contributed by atoms with van der Waals surface area (Å²) >= 11 is 0. The molecule has 6 aromatic carbocycles. The van der Waals surface area contributed by atoms with E-state index in [1.807, 2.05) is 72.8 Å². The number of fused-ring (bicyclic) bond motifs is 6. The number of hydrogen-bond donors (Lipinski definition) is 0. The first-order chi connectivity index (χ1) is 27.0. The molecule has 2 aromatic heterocycles. The van der Waals surface area contributed by atoms with E-state index in [4.69, 9.17) is 19.4 Å². The van der Waals surface area contributed by atoms with E-state index in [-0.39, 0.29) is 5.41 Å². The largest absolute Gasteiger partial charge is 0.455 e. The Kier molecular flexibility index (Phi) is 8.10. The maximum Gasteiger partial charge on any atom is 0.167 e. The van der Waals surface area contributed by atoms with Gasteiger partial charge in [-0.1, -0.05) is 123 Å². The molecule has 5 nitrogen and oxygen atoms in total. The molecule has 0 amide bonds. The van der Waals surface area contributed by atoms with Gasteiger partial charge >= 0.3 is 0 Å². The molecule has 8 aromatic rings. The van der Waals surface area contributed by atoms with Crippen LogP contribution in [0.1, 0.15) is 63.5 Å². The van der Waals surface area contributed by atoms with Crippen molar-refractivity contribution < 1.29 is 4.42 Å². The van der Waals surface area contributed by atoms with Gasteiger partial charge in [0, 0.05) is 21.9 Å². The number of benzene rings is 6. The number of furan rings is 1. The van der Waals surface area contributed by atoms with E-state index >= 15 is 0 Å². The summed E-state index contributed by atoms with van der Waals surface area (Å²) < 4.78 is 6.44. The van der Waals surface area contributed by atoms with E-state index in [1.165, 1.54) is 44.1 Å². The SMILES string of the molecule is CC[C@@H]1C[C@@H]2C[C@H](C)CC(c3ccc(-c4cccc5c(-c6nc(-c7ccccc7)nc(-c7cccc8c7oc7ccccc78)n6)cc(C#N)cc45)cc3)(C1)C2. The standard InChI is InChI=1S/C50H42N4O/c1-3-32-24-33-23-31(2)27-50(28-32,29-33)37-21-19-35(20-22-37)38-14-9-15-39-43(38)25-34(30-51)26-44(39)49-53-47(36-11-5-4-6-12-36)52-48(54-49)42-17-10-16-41-40-13-7-8-18-45(40)55-46(41)42/h4-22,25-26,31-33H,3,23-24,27-29H2,1-2H3/t31-,32+,33-,50?/m0/s1. The fourth-order valence-electron chi connectivity index (χ4n) is 10.3. The minimum Gasteiger partial charge on any atom is -0.455 e. The van der Waals surface area contributed by atoms with Gasteiger partial charge in [-0.3, -0.25) is 0 Å². The Bertz CT molecular complexity index is 2780. The second-order valence-corrected chi connectivity index (χ2v) is 16.2. The normalized spacial score (nSPS) is 20.9. The fraction of sp³-hybridized carbons (Fsp3) is 0.240. The predicted octanol–water partition coefficient (Wildman–Crippen LogP) is 13.0. The van der Waals surface area contributed by atoms with Gasteiger partial charge in [0.1, 0.15) is 11.2 Å². The Morgan fingerprint density at radius 3 is 2.15 bits per heavy atom. The van der Waals surface area contributed by atoms with E-state index in [2.05, 4.69) is 74.5 Å². The lowest BCUT2D eigenvalue weighted by molar-refractivity contribution is 0.0702. The molecule has 55 heavy (non-hydrogen) atoms. The number of nitrogens with zero attached hydrogens (tertiary/aromatic N) is 4. The van der Waals surface area contributed by atoms with Crippen molar-refractivity contribution in [3.05, 3.63) is 139 Å². The summed E-state index contributed by atoms with van der Waals surface area (Å²) in [6, 6.07) is 46.4. The second-order valence-electron chi connectivity index (χ2n) is 16.2. The van der Waals surface area contributed by atoms with Crippen molar-refractivity contribution in [2.45, 2.75) is 57.8 Å². The number of para-hydroxylation sites is 2. The monoisotopic (exact) mass is 714 g/mol. The van der Waals surface area contributed by atoms with Crippen molar-refractivity contribution in [1.29, 1.82) is 5.26 Å². The average molecular weight is 715 g/mol. The zero-order valence-electron chi connectivity index (χ0n) is 31.3. The van der Waals surface area contributed by atoms with E-state index in [0.29, 0.717) is 23.0 Å². The Labute approximate surface area is 321 Å². The third-order valence-electron chi connectivity index (χ3n) is 12.6. The molecule has 2 heterocycles. The highest BCUT2D eigenvalue weighted by atomic mass is 16.3. The second kappa shape index (κ2) is 13.3. The third-order valence-corrected chi connectivity index (χ3v) is 12.6. The van der Waals surface area contributed by atoms with E-state index in [0.717, 1.165) is 78.3 Å². The number of aromatic nitrogens is 3. The highest BCUT2D eigenvalue weighted by molar-refractivity contribution is 6.09. The Morgan fingerprint density at radius 2 is 1.35 bits per heavy atom. The molecule has 2 aliphatic carbocycles. The maximum absolute atomic E-state index is 10.4. The summed E-state index contributed by atoms with van der Waals surface area (Å²) in [5, 5.41) is 14.4. The van der Waals surface area contributed by atoms with Gasteiger partial charge in [0.2, 0.25) is 0 Å². The minimum absolute atomic E-state index is 0.277. The van der Waals surface area contributed by atoms with Crippen molar-refractivity contribution in [2.24, 2.45) is 17.8 Å². The summed E-state index contributed by atoms with van der Waals surface area (Å²) in [5.41, 5.74) is 8.58. The summed E-state index contributed by atoms with van der Waals surface area (Å²) in [5.74, 6) is 4.01. The van der Waals surface area contributed by atoms with Crippen molar-refractivity contribution in [3.63, 3.8) is 0 Å². The highest BCUT2D eigenvalue weighted by Gasteiger charge is 2.45. The van der Waals surface area contributed by atoms with Gasteiger partial charge in [0.25, 0.3) is 0 Å². The Balaban J connectivity index is 1.12. The Morgan fingerprint density at radius 1 is 0.636 bits per heavy atom. The van der Waals surface area contributed by atoms with Crippen LogP contribution in [0.4, 0.5) is 0 Å². The molecule has 10 rings (SSSR count). The Hall–Kier alpha value is -6.12. The van der Waals surface area contributed by atoms with Crippen LogP contribution < -0.4 is 0 Å². The first kappa shape index (κ1) is 33.4. The molecule has 0 spiro atoms. The van der Waals surface area contributed by atoms with Gasteiger partial charge in [-0.2, -0.15) is 5.26 Å². The molecular formula is C50H42N4O. The molecule has 2 saturated carbocycles. The molecular weight excluding hydrogens is 673 g/mol. The molecule has 0 N–H and O–H groups in total. The molecule has 2 fully saturated rings. The predicted molar refractivity (Wildman–Crippen MR) is 222 cm³/mol. The number of nitriles is 1. The molecule has 5 heteroatoms. The third kappa shape index (κ3) is 5.79. The van der Waals surface area contributed by atoms with Gasteiger partial charge in [0.15, 0.2) is 17.5 Å². The van der Waals surface area contributed by atoms with Crippen LogP contribution >= 0.6 is 0 Å². The lowest BCUT2D eigenvalue weighted by Crippen LogP contribution is -2.42. The summed E-state index contributed by atoms with van der Waals surface area (Å²) in [7, 11) is 0. The lowest BCUT2D eigenvalue weighted by atomic mass is 9.54. The van der Waals surface area contributed by atoms with Crippen LogP contribution in [0.3, 0.4) is 0 Å². The van der Waals surface area contributed by atoms with E-state index in [9.17, 15) is 5.26 Å². The van der Waals surface area contributed by atoms with Crippen LogP contribution in [0.5, 0.6) is 0 Å². The van der Waals surface area contributed by atoms with Crippen molar-refractivity contribution in [3.8, 4) is 51.4 Å². The quantitative estimate of drug-likeness (QED) is 0.171. The van der Waals surface area contributed by atoms with Gasteiger partial charge in [-0.05, 0) is 107 Å². The van der Waals surface area contributed by atoms with Crippen LogP contribution in [0.2, 0.25) is 0 Å². The molecule has 268 valence electrons. The molecule has 0 radical (unpaired) electrons. The minimum atomic E-state index is 0.277. The van der Waals surface area contributed by atoms with Gasteiger partial charge in [-0.15, -0.1) is 0 Å². The molecule has 0 aliphatic heterocycles. The molecule has 2 aliphatic rings. The first-order valence-electron chi connectivity index (χ1n) is 19.8. The van der Waals surface area contributed by atoms with Crippen molar-refractivity contribution >= 4 is 32.7 Å². The van der Waals surface area contributed by atoms with E-state index < -0.39 is 0 Å². The van der Waals surface area contributed by atoms with Crippen LogP contribution in [0.15, 0.2) is 132 Å². The first-order valence-corrected chi connectivity index (χ1v) is 19.8. The smallest absolute Gasteiger partial charge is 0.167 e. The van der Waals surface area contributed by atoms with Crippen LogP contribution in [-0.4, -0.2) is 15.0 Å². The van der Waals surface area contributed by atoms with Gasteiger partial charge < -0.3 is 4.42 Å². The molecule has 2 bridgehead atoms. The van der Waals surface area contributed by atoms with Gasteiger partial charge in [-0.25, -0.2) is 15.0 Å². The highest BCUT2D eigenvalue weighted by Crippen LogP contribution is 2.55. The number of hydrogen-bond acceptors (Lipinski definition) is 5. The summed E-state index contributed by atoms with van der Waals surface area (Å²) in [4.78, 5) is 15.3.